The summed E-state index contributed by atoms with van der Waals surface area (Å²) in [5.41, 5.74) is 4.62. The summed E-state index contributed by atoms with van der Waals surface area (Å²) in [4.78, 5) is 35.6. The van der Waals surface area contributed by atoms with Crippen LogP contribution in [0.3, 0.4) is 0 Å². The van der Waals surface area contributed by atoms with E-state index in [4.69, 9.17) is 4.98 Å². The highest BCUT2D eigenvalue weighted by Crippen LogP contribution is 2.45. The van der Waals surface area contributed by atoms with Gasteiger partial charge in [-0.25, -0.2) is 4.98 Å². The van der Waals surface area contributed by atoms with Crippen LogP contribution in [0.25, 0.3) is 11.0 Å². The number of imidazole rings is 1. The summed E-state index contributed by atoms with van der Waals surface area (Å²) in [6, 6.07) is 30.2. The number of benzene rings is 3. The van der Waals surface area contributed by atoms with Gasteiger partial charge in [0.05, 0.1) is 11.0 Å². The van der Waals surface area contributed by atoms with Crippen molar-refractivity contribution in [2.75, 3.05) is 19.6 Å². The average molecular weight is 604 g/mol. The third-order valence-corrected chi connectivity index (χ3v) is 11.0. The standard InChI is InChI=1S/C38H45N5O2/c1-27-39-34-15-9-10-16-35(34)43(27)33-25-31-17-18-32(26-33)42(31)24-21-38(30-13-7-4-8-14-30)19-22-41(23-20-38)37(45)36(40-28(2)44)29-11-5-3-6-12-29/h3-16,31-33,36H,17-26H2,1-2H3,(H,40,44)/t31-,32+,33?,36?. The molecule has 3 fully saturated rings. The predicted octanol–water partition coefficient (Wildman–Crippen LogP) is 6.34. The van der Waals surface area contributed by atoms with E-state index in [0.29, 0.717) is 31.2 Å². The van der Waals surface area contributed by atoms with Crippen LogP contribution in [-0.4, -0.2) is 62.9 Å². The van der Waals surface area contributed by atoms with Gasteiger partial charge in [-0.05, 0) is 87.1 Å². The maximum Gasteiger partial charge on any atom is 0.249 e. The topological polar surface area (TPSA) is 70.5 Å². The molecule has 2 unspecified atom stereocenters. The molecular weight excluding hydrogens is 558 g/mol. The van der Waals surface area contributed by atoms with E-state index in [1.807, 2.05) is 35.2 Å². The van der Waals surface area contributed by atoms with Gasteiger partial charge in [0.15, 0.2) is 0 Å². The number of carbonyl (C=O) groups is 2. The second-order valence-electron chi connectivity index (χ2n) is 13.5. The molecule has 1 N–H and O–H groups in total. The van der Waals surface area contributed by atoms with Crippen molar-refractivity contribution in [3.05, 3.63) is 102 Å². The van der Waals surface area contributed by atoms with E-state index in [1.165, 1.54) is 43.7 Å². The van der Waals surface area contributed by atoms with Gasteiger partial charge in [-0.15, -0.1) is 0 Å². The zero-order valence-corrected chi connectivity index (χ0v) is 26.6. The molecule has 0 saturated carbocycles. The highest BCUT2D eigenvalue weighted by atomic mass is 16.2. The van der Waals surface area contributed by atoms with E-state index in [2.05, 4.69) is 76.3 Å². The number of para-hydroxylation sites is 2. The van der Waals surface area contributed by atoms with E-state index in [0.717, 1.165) is 42.7 Å². The van der Waals surface area contributed by atoms with Gasteiger partial charge in [0.1, 0.15) is 11.9 Å². The number of fused-ring (bicyclic) bond motifs is 3. The van der Waals surface area contributed by atoms with Gasteiger partial charge >= 0.3 is 0 Å². The molecule has 45 heavy (non-hydrogen) atoms. The molecule has 4 atom stereocenters. The third kappa shape index (κ3) is 5.79. The molecule has 0 spiro atoms. The van der Waals surface area contributed by atoms with Crippen LogP contribution in [0.2, 0.25) is 0 Å². The molecule has 2 amide bonds. The maximum atomic E-state index is 13.8. The first-order chi connectivity index (χ1) is 21.9. The minimum absolute atomic E-state index is 0.0134. The second kappa shape index (κ2) is 12.4. The molecule has 4 heterocycles. The van der Waals surface area contributed by atoms with Gasteiger partial charge in [-0.1, -0.05) is 72.8 Å². The summed E-state index contributed by atoms with van der Waals surface area (Å²) in [7, 11) is 0. The van der Waals surface area contributed by atoms with Crippen LogP contribution < -0.4 is 5.32 Å². The Morgan fingerprint density at radius 1 is 0.867 bits per heavy atom. The Balaban J connectivity index is 1.06. The van der Waals surface area contributed by atoms with E-state index >= 15 is 0 Å². The van der Waals surface area contributed by atoms with Crippen LogP contribution >= 0.6 is 0 Å². The number of nitrogens with zero attached hydrogens (tertiary/aromatic N) is 4. The number of piperidine rings is 2. The first-order valence-electron chi connectivity index (χ1n) is 16.8. The van der Waals surface area contributed by atoms with Crippen LogP contribution in [0.4, 0.5) is 0 Å². The molecule has 4 aromatic rings. The lowest BCUT2D eigenvalue weighted by Crippen LogP contribution is -2.51. The molecule has 2 bridgehead atoms. The van der Waals surface area contributed by atoms with Crippen molar-refractivity contribution in [3.8, 4) is 0 Å². The molecule has 0 aliphatic carbocycles. The highest BCUT2D eigenvalue weighted by molar-refractivity contribution is 5.88. The van der Waals surface area contributed by atoms with Crippen LogP contribution in [0, 0.1) is 6.92 Å². The number of aromatic nitrogens is 2. The largest absolute Gasteiger partial charge is 0.341 e. The fraction of sp³-hybridized carbons (Fsp3) is 0.447. The Hall–Kier alpha value is -3.97. The summed E-state index contributed by atoms with van der Waals surface area (Å²) in [5, 5.41) is 2.91. The molecule has 3 aliphatic rings. The number of rotatable bonds is 8. The average Bonchev–Trinajstić information content (AvgIpc) is 3.53. The Kier molecular flexibility index (Phi) is 8.21. The Bertz CT molecular complexity index is 1630. The number of likely N-dealkylation sites (tertiary alicyclic amines) is 1. The third-order valence-electron chi connectivity index (χ3n) is 11.0. The van der Waals surface area contributed by atoms with E-state index in [-0.39, 0.29) is 17.2 Å². The van der Waals surface area contributed by atoms with E-state index in [1.54, 1.807) is 0 Å². The van der Waals surface area contributed by atoms with Crippen molar-refractivity contribution in [3.63, 3.8) is 0 Å². The molecule has 7 rings (SSSR count). The summed E-state index contributed by atoms with van der Waals surface area (Å²) < 4.78 is 2.51. The van der Waals surface area contributed by atoms with Crippen molar-refractivity contribution in [1.29, 1.82) is 0 Å². The Labute approximate surface area is 266 Å². The lowest BCUT2D eigenvalue weighted by molar-refractivity contribution is -0.137. The molecule has 7 heteroatoms. The van der Waals surface area contributed by atoms with E-state index in [9.17, 15) is 9.59 Å². The van der Waals surface area contributed by atoms with Crippen LogP contribution in [0.5, 0.6) is 0 Å². The van der Waals surface area contributed by atoms with Crippen molar-refractivity contribution in [2.24, 2.45) is 0 Å². The number of amides is 2. The van der Waals surface area contributed by atoms with Crippen molar-refractivity contribution >= 4 is 22.8 Å². The SMILES string of the molecule is CC(=O)NC(C(=O)N1CCC(CCN2[C@@H]3CC[C@H]2CC(n2c(C)nc4ccccc42)C3)(c2ccccc2)CC1)c1ccccc1. The highest BCUT2D eigenvalue weighted by Gasteiger charge is 2.44. The van der Waals surface area contributed by atoms with Gasteiger partial charge in [0.2, 0.25) is 11.8 Å². The minimum Gasteiger partial charge on any atom is -0.341 e. The van der Waals surface area contributed by atoms with Gasteiger partial charge in [-0.3, -0.25) is 14.5 Å². The van der Waals surface area contributed by atoms with Gasteiger partial charge in [0, 0.05) is 38.1 Å². The lowest BCUT2D eigenvalue weighted by atomic mass is 9.70. The molecule has 3 aliphatic heterocycles. The van der Waals surface area contributed by atoms with Gasteiger partial charge in [-0.2, -0.15) is 0 Å². The molecule has 1 aromatic heterocycles. The van der Waals surface area contributed by atoms with Crippen molar-refractivity contribution in [1.82, 2.24) is 24.7 Å². The summed E-state index contributed by atoms with van der Waals surface area (Å²) in [6.45, 7) is 6.12. The fourth-order valence-electron chi connectivity index (χ4n) is 8.74. The molecule has 0 radical (unpaired) electrons. The molecule has 7 nitrogen and oxygen atoms in total. The van der Waals surface area contributed by atoms with Gasteiger partial charge < -0.3 is 14.8 Å². The smallest absolute Gasteiger partial charge is 0.249 e. The van der Waals surface area contributed by atoms with Crippen LogP contribution in [-0.2, 0) is 15.0 Å². The number of carbonyl (C=O) groups excluding carboxylic acids is 2. The van der Waals surface area contributed by atoms with Crippen molar-refractivity contribution in [2.45, 2.75) is 88.4 Å². The minimum atomic E-state index is -0.652. The quantitative estimate of drug-likeness (QED) is 0.255. The number of aryl methyl sites for hydroxylation is 1. The molecule has 3 saturated heterocycles. The maximum absolute atomic E-state index is 13.8. The normalized spacial score (nSPS) is 23.6. The zero-order valence-electron chi connectivity index (χ0n) is 26.6. The van der Waals surface area contributed by atoms with E-state index < -0.39 is 6.04 Å². The molecule has 3 aromatic carbocycles. The predicted molar refractivity (Wildman–Crippen MR) is 178 cm³/mol. The number of hydrogen-bond donors (Lipinski definition) is 1. The number of hydrogen-bond acceptors (Lipinski definition) is 4. The zero-order chi connectivity index (χ0) is 31.0. The molecular formula is C38H45N5O2. The summed E-state index contributed by atoms with van der Waals surface area (Å²) >= 11 is 0. The first kappa shape index (κ1) is 29.7. The number of nitrogens with one attached hydrogen (secondary N) is 1. The Morgan fingerprint density at radius 2 is 1.49 bits per heavy atom. The van der Waals surface area contributed by atoms with Crippen LogP contribution in [0.15, 0.2) is 84.9 Å². The van der Waals surface area contributed by atoms with Crippen LogP contribution in [0.1, 0.15) is 80.9 Å². The van der Waals surface area contributed by atoms with Gasteiger partial charge in [0.25, 0.3) is 0 Å². The molecule has 234 valence electrons. The summed E-state index contributed by atoms with van der Waals surface area (Å²) in [5.74, 6) is 0.925. The Morgan fingerprint density at radius 3 is 2.16 bits per heavy atom. The lowest BCUT2D eigenvalue weighted by Gasteiger charge is -2.46. The first-order valence-corrected chi connectivity index (χ1v) is 16.8. The fourth-order valence-corrected chi connectivity index (χ4v) is 8.74. The second-order valence-corrected chi connectivity index (χ2v) is 13.5. The monoisotopic (exact) mass is 603 g/mol. The van der Waals surface area contributed by atoms with Crippen molar-refractivity contribution < 1.29 is 9.59 Å². The summed E-state index contributed by atoms with van der Waals surface area (Å²) in [6.07, 6.45) is 7.86.